The molecule has 1 rings (SSSR count). The number of hydrogen-bond acceptors (Lipinski definition) is 6. The standard InChI is InChI=1S/C28H50O6/c1-3-5-7-8-9-10-11-27-12-14-28(15-13-27)34-26-25-33-24-23-32-22-21-31-20-19-30-18-17-29-16-6-4-2/h12-15H,3-11,16-26H2,1-2H3. The van der Waals surface area contributed by atoms with Crippen LogP contribution in [-0.4, -0.2) is 72.7 Å². The summed E-state index contributed by atoms with van der Waals surface area (Å²) in [6, 6.07) is 8.46. The number of unbranched alkanes of at least 4 members (excludes halogenated alkanes) is 6. The lowest BCUT2D eigenvalue weighted by molar-refractivity contribution is -0.0128. The lowest BCUT2D eigenvalue weighted by Crippen LogP contribution is -2.14. The molecule has 0 spiro atoms. The van der Waals surface area contributed by atoms with E-state index in [4.69, 9.17) is 28.4 Å². The Kier molecular flexibility index (Phi) is 22.6. The predicted octanol–water partition coefficient (Wildman–Crippen LogP) is 5.85. The Labute approximate surface area is 208 Å². The van der Waals surface area contributed by atoms with E-state index in [1.807, 2.05) is 0 Å². The molecule has 0 atom stereocenters. The highest BCUT2D eigenvalue weighted by Crippen LogP contribution is 2.15. The minimum atomic E-state index is 0.545. The first-order chi connectivity index (χ1) is 16.9. The Bertz CT molecular complexity index is 522. The summed E-state index contributed by atoms with van der Waals surface area (Å²) in [5.74, 6) is 0.900. The summed E-state index contributed by atoms with van der Waals surface area (Å²) in [5, 5.41) is 0. The van der Waals surface area contributed by atoms with Crippen LogP contribution in [0.5, 0.6) is 5.75 Å². The number of aryl methyl sites for hydroxylation is 1. The van der Waals surface area contributed by atoms with Crippen LogP contribution in [-0.2, 0) is 30.1 Å². The van der Waals surface area contributed by atoms with E-state index in [0.29, 0.717) is 66.1 Å². The van der Waals surface area contributed by atoms with Crippen molar-refractivity contribution in [1.29, 1.82) is 0 Å². The summed E-state index contributed by atoms with van der Waals surface area (Å²) in [6.07, 6.45) is 11.4. The van der Waals surface area contributed by atoms with Crippen LogP contribution < -0.4 is 4.74 Å². The maximum Gasteiger partial charge on any atom is 0.119 e. The molecule has 0 aromatic heterocycles. The third kappa shape index (κ3) is 20.2. The van der Waals surface area contributed by atoms with Gasteiger partial charge in [0, 0.05) is 6.61 Å². The van der Waals surface area contributed by atoms with Gasteiger partial charge in [-0.3, -0.25) is 0 Å². The van der Waals surface area contributed by atoms with Gasteiger partial charge >= 0.3 is 0 Å². The molecule has 198 valence electrons. The zero-order chi connectivity index (χ0) is 24.4. The van der Waals surface area contributed by atoms with Crippen molar-refractivity contribution in [1.82, 2.24) is 0 Å². The molecule has 0 amide bonds. The molecular weight excluding hydrogens is 432 g/mol. The Morgan fingerprint density at radius 2 is 0.882 bits per heavy atom. The molecule has 6 nitrogen and oxygen atoms in total. The van der Waals surface area contributed by atoms with Crippen molar-refractivity contribution < 1.29 is 28.4 Å². The van der Waals surface area contributed by atoms with Crippen LogP contribution in [0.15, 0.2) is 24.3 Å². The summed E-state index contributed by atoms with van der Waals surface area (Å²) in [4.78, 5) is 0. The average Bonchev–Trinajstić information content (AvgIpc) is 2.86. The van der Waals surface area contributed by atoms with E-state index in [9.17, 15) is 0 Å². The Balaban J connectivity index is 1.81. The molecule has 0 fully saturated rings. The molecule has 1 aromatic carbocycles. The summed E-state index contributed by atoms with van der Waals surface area (Å²) >= 11 is 0. The highest BCUT2D eigenvalue weighted by Gasteiger charge is 1.98. The maximum absolute atomic E-state index is 5.75. The van der Waals surface area contributed by atoms with E-state index in [1.165, 1.54) is 44.1 Å². The highest BCUT2D eigenvalue weighted by molar-refractivity contribution is 5.27. The van der Waals surface area contributed by atoms with E-state index in [-0.39, 0.29) is 0 Å². The van der Waals surface area contributed by atoms with Gasteiger partial charge < -0.3 is 28.4 Å². The molecule has 0 saturated carbocycles. The van der Waals surface area contributed by atoms with E-state index in [2.05, 4.69) is 38.1 Å². The van der Waals surface area contributed by atoms with Gasteiger partial charge in [0.05, 0.1) is 59.5 Å². The molecule has 0 aliphatic carbocycles. The molecule has 34 heavy (non-hydrogen) atoms. The van der Waals surface area contributed by atoms with Crippen LogP contribution in [0.2, 0.25) is 0 Å². The second kappa shape index (κ2) is 24.9. The Hall–Kier alpha value is -1.18. The maximum atomic E-state index is 5.75. The first-order valence-corrected chi connectivity index (χ1v) is 13.5. The second-order valence-corrected chi connectivity index (χ2v) is 8.43. The molecule has 0 unspecified atom stereocenters. The largest absolute Gasteiger partial charge is 0.491 e. The predicted molar refractivity (Wildman–Crippen MR) is 138 cm³/mol. The van der Waals surface area contributed by atoms with Crippen molar-refractivity contribution in [2.75, 3.05) is 72.7 Å². The van der Waals surface area contributed by atoms with Gasteiger partial charge in [0.15, 0.2) is 0 Å². The van der Waals surface area contributed by atoms with E-state index in [0.717, 1.165) is 31.6 Å². The molecule has 0 N–H and O–H groups in total. The molecular formula is C28H50O6. The third-order valence-corrected chi connectivity index (χ3v) is 5.37. The molecule has 0 aliphatic rings. The number of hydrogen-bond donors (Lipinski definition) is 0. The average molecular weight is 483 g/mol. The van der Waals surface area contributed by atoms with Crippen molar-refractivity contribution in [2.24, 2.45) is 0 Å². The van der Waals surface area contributed by atoms with Gasteiger partial charge in [0.1, 0.15) is 12.4 Å². The van der Waals surface area contributed by atoms with Crippen LogP contribution >= 0.6 is 0 Å². The zero-order valence-corrected chi connectivity index (χ0v) is 21.9. The summed E-state index contributed by atoms with van der Waals surface area (Å²) in [6.45, 7) is 11.0. The van der Waals surface area contributed by atoms with Gasteiger partial charge in [-0.25, -0.2) is 0 Å². The van der Waals surface area contributed by atoms with Crippen molar-refractivity contribution in [3.8, 4) is 5.75 Å². The first-order valence-electron chi connectivity index (χ1n) is 13.5. The van der Waals surface area contributed by atoms with Gasteiger partial charge in [-0.2, -0.15) is 0 Å². The van der Waals surface area contributed by atoms with Gasteiger partial charge in [-0.15, -0.1) is 0 Å². The number of benzene rings is 1. The van der Waals surface area contributed by atoms with E-state index >= 15 is 0 Å². The van der Waals surface area contributed by atoms with Gasteiger partial charge in [-0.1, -0.05) is 64.5 Å². The summed E-state index contributed by atoms with van der Waals surface area (Å²) in [5.41, 5.74) is 1.39. The fraction of sp³-hybridized carbons (Fsp3) is 0.786. The lowest BCUT2D eigenvalue weighted by Gasteiger charge is -2.09. The van der Waals surface area contributed by atoms with E-state index < -0.39 is 0 Å². The van der Waals surface area contributed by atoms with Gasteiger partial charge in [0.2, 0.25) is 0 Å². The van der Waals surface area contributed by atoms with Crippen LogP contribution in [0.1, 0.15) is 70.8 Å². The highest BCUT2D eigenvalue weighted by atomic mass is 16.6. The molecule has 0 aliphatic heterocycles. The number of ether oxygens (including phenoxy) is 6. The molecule has 0 saturated heterocycles. The topological polar surface area (TPSA) is 55.4 Å². The van der Waals surface area contributed by atoms with Crippen LogP contribution in [0.4, 0.5) is 0 Å². The first kappa shape index (κ1) is 30.9. The fourth-order valence-electron chi connectivity index (χ4n) is 3.31. The molecule has 0 heterocycles. The van der Waals surface area contributed by atoms with Crippen LogP contribution in [0.3, 0.4) is 0 Å². The van der Waals surface area contributed by atoms with Crippen LogP contribution in [0, 0.1) is 0 Å². The second-order valence-electron chi connectivity index (χ2n) is 8.43. The minimum absolute atomic E-state index is 0.545. The van der Waals surface area contributed by atoms with Crippen molar-refractivity contribution in [3.05, 3.63) is 29.8 Å². The number of rotatable bonds is 26. The van der Waals surface area contributed by atoms with Crippen molar-refractivity contribution in [3.63, 3.8) is 0 Å². The van der Waals surface area contributed by atoms with Gasteiger partial charge in [-0.05, 0) is 37.0 Å². The monoisotopic (exact) mass is 482 g/mol. The quantitative estimate of drug-likeness (QED) is 0.154. The Morgan fingerprint density at radius 1 is 0.441 bits per heavy atom. The van der Waals surface area contributed by atoms with Crippen molar-refractivity contribution in [2.45, 2.75) is 71.6 Å². The SMILES string of the molecule is CCCCCCCCc1ccc(OCCOCCOCCOCCOCCOCCCC)cc1. The minimum Gasteiger partial charge on any atom is -0.491 e. The van der Waals surface area contributed by atoms with E-state index in [1.54, 1.807) is 0 Å². The fourth-order valence-corrected chi connectivity index (χ4v) is 3.31. The third-order valence-electron chi connectivity index (χ3n) is 5.37. The zero-order valence-electron chi connectivity index (χ0n) is 21.9. The normalized spacial score (nSPS) is 11.2. The van der Waals surface area contributed by atoms with Crippen molar-refractivity contribution >= 4 is 0 Å². The Morgan fingerprint density at radius 3 is 1.41 bits per heavy atom. The molecule has 0 radical (unpaired) electrons. The van der Waals surface area contributed by atoms with Crippen LogP contribution in [0.25, 0.3) is 0 Å². The van der Waals surface area contributed by atoms with Gasteiger partial charge in [0.25, 0.3) is 0 Å². The molecule has 1 aromatic rings. The summed E-state index contributed by atoms with van der Waals surface area (Å²) in [7, 11) is 0. The molecule has 6 heteroatoms. The smallest absolute Gasteiger partial charge is 0.119 e. The molecule has 0 bridgehead atoms. The lowest BCUT2D eigenvalue weighted by atomic mass is 10.0. The summed E-state index contributed by atoms with van der Waals surface area (Å²) < 4.78 is 33.1.